The topological polar surface area (TPSA) is 55.1 Å². The van der Waals surface area contributed by atoms with Gasteiger partial charge in [-0.2, -0.15) is 0 Å². The zero-order valence-corrected chi connectivity index (χ0v) is 12.1. The molecule has 19 heavy (non-hydrogen) atoms. The number of nitrogens with zero attached hydrogens (tertiary/aromatic N) is 2. The minimum absolute atomic E-state index is 0.251. The van der Waals surface area contributed by atoms with Gasteiger partial charge in [-0.15, -0.1) is 0 Å². The highest BCUT2D eigenvalue weighted by molar-refractivity contribution is 8.00. The monoisotopic (exact) mass is 278 g/mol. The van der Waals surface area contributed by atoms with Gasteiger partial charge in [-0.25, -0.2) is 4.98 Å². The van der Waals surface area contributed by atoms with E-state index < -0.39 is 11.2 Å². The maximum Gasteiger partial charge on any atom is 0.317 e. The van der Waals surface area contributed by atoms with Crippen molar-refractivity contribution in [1.29, 1.82) is 0 Å². The summed E-state index contributed by atoms with van der Waals surface area (Å²) in [7, 11) is 0. The molecule has 1 aromatic carbocycles. The minimum atomic E-state index is -0.783. The first-order valence-corrected chi connectivity index (χ1v) is 7.29. The number of carboxylic acids is 1. The Labute approximate surface area is 116 Å². The van der Waals surface area contributed by atoms with Crippen molar-refractivity contribution in [2.45, 2.75) is 43.6 Å². The van der Waals surface area contributed by atoms with Gasteiger partial charge in [0.25, 0.3) is 0 Å². The van der Waals surface area contributed by atoms with E-state index in [1.54, 1.807) is 0 Å². The summed E-state index contributed by atoms with van der Waals surface area (Å²) in [5.74, 6) is -0.783. The predicted molar refractivity (Wildman–Crippen MR) is 77.7 cm³/mol. The smallest absolute Gasteiger partial charge is 0.317 e. The zero-order chi connectivity index (χ0) is 14.0. The van der Waals surface area contributed by atoms with Gasteiger partial charge >= 0.3 is 5.97 Å². The third-order valence-electron chi connectivity index (χ3n) is 2.97. The van der Waals surface area contributed by atoms with Crippen molar-refractivity contribution in [1.82, 2.24) is 9.55 Å². The lowest BCUT2D eigenvalue weighted by molar-refractivity contribution is -0.136. The van der Waals surface area contributed by atoms with E-state index in [0.29, 0.717) is 6.42 Å². The van der Waals surface area contributed by atoms with Gasteiger partial charge < -0.3 is 9.67 Å². The number of aliphatic carboxylic acids is 1. The van der Waals surface area contributed by atoms with Crippen LogP contribution in [0.2, 0.25) is 0 Å². The number of aromatic nitrogens is 2. The Morgan fingerprint density at radius 3 is 2.68 bits per heavy atom. The van der Waals surface area contributed by atoms with Gasteiger partial charge in [-0.1, -0.05) is 30.8 Å². The third-order valence-corrected chi connectivity index (χ3v) is 4.29. The molecule has 0 aliphatic heterocycles. The molecule has 0 radical (unpaired) electrons. The SMILES string of the molecule is CCC(Sc1nc2ccccc2n1C(C)C)C(=O)O. The van der Waals surface area contributed by atoms with Crippen molar-refractivity contribution in [2.75, 3.05) is 0 Å². The van der Waals surface area contributed by atoms with Crippen LogP contribution in [0.4, 0.5) is 0 Å². The van der Waals surface area contributed by atoms with Crippen LogP contribution >= 0.6 is 11.8 Å². The molecule has 1 heterocycles. The molecule has 0 spiro atoms. The number of para-hydroxylation sites is 2. The van der Waals surface area contributed by atoms with Crippen molar-refractivity contribution in [3.8, 4) is 0 Å². The first-order valence-electron chi connectivity index (χ1n) is 6.41. The lowest BCUT2D eigenvalue weighted by Crippen LogP contribution is -2.16. The molecule has 0 saturated carbocycles. The second-order valence-electron chi connectivity index (χ2n) is 4.70. The molecule has 0 aliphatic carbocycles. The molecule has 0 amide bonds. The Morgan fingerprint density at radius 1 is 1.42 bits per heavy atom. The average molecular weight is 278 g/mol. The van der Waals surface area contributed by atoms with Crippen LogP contribution in [0.5, 0.6) is 0 Å². The number of hydrogen-bond donors (Lipinski definition) is 1. The lowest BCUT2D eigenvalue weighted by atomic mass is 10.3. The first kappa shape index (κ1) is 13.9. The summed E-state index contributed by atoms with van der Waals surface area (Å²) in [6.07, 6.45) is 0.585. The molecular weight excluding hydrogens is 260 g/mol. The summed E-state index contributed by atoms with van der Waals surface area (Å²) in [4.78, 5) is 15.7. The number of rotatable bonds is 5. The minimum Gasteiger partial charge on any atom is -0.480 e. The summed E-state index contributed by atoms with van der Waals surface area (Å²) in [6, 6.07) is 8.16. The molecule has 4 nitrogen and oxygen atoms in total. The highest BCUT2D eigenvalue weighted by Crippen LogP contribution is 2.31. The van der Waals surface area contributed by atoms with Crippen LogP contribution in [-0.2, 0) is 4.79 Å². The molecule has 102 valence electrons. The van der Waals surface area contributed by atoms with Crippen molar-refractivity contribution in [2.24, 2.45) is 0 Å². The van der Waals surface area contributed by atoms with Crippen LogP contribution < -0.4 is 0 Å². The van der Waals surface area contributed by atoms with Crippen LogP contribution in [0, 0.1) is 0 Å². The van der Waals surface area contributed by atoms with Gasteiger partial charge in [0.1, 0.15) is 5.25 Å². The summed E-state index contributed by atoms with van der Waals surface area (Å²) < 4.78 is 2.10. The van der Waals surface area contributed by atoms with E-state index in [-0.39, 0.29) is 6.04 Å². The molecule has 1 unspecified atom stereocenters. The van der Waals surface area contributed by atoms with Gasteiger partial charge in [0, 0.05) is 6.04 Å². The molecule has 2 aromatic rings. The number of fused-ring (bicyclic) bond motifs is 1. The van der Waals surface area contributed by atoms with E-state index in [1.165, 1.54) is 11.8 Å². The van der Waals surface area contributed by atoms with Crippen LogP contribution in [-0.4, -0.2) is 25.9 Å². The number of benzene rings is 1. The fourth-order valence-electron chi connectivity index (χ4n) is 2.04. The molecule has 0 fully saturated rings. The summed E-state index contributed by atoms with van der Waals surface area (Å²) >= 11 is 1.33. The van der Waals surface area contributed by atoms with Gasteiger partial charge in [-0.05, 0) is 32.4 Å². The molecule has 1 N–H and O–H groups in total. The Balaban J connectivity index is 2.47. The van der Waals surface area contributed by atoms with E-state index in [4.69, 9.17) is 0 Å². The van der Waals surface area contributed by atoms with Crippen LogP contribution in [0.15, 0.2) is 29.4 Å². The highest BCUT2D eigenvalue weighted by atomic mass is 32.2. The molecule has 1 atom stereocenters. The van der Waals surface area contributed by atoms with Crippen LogP contribution in [0.25, 0.3) is 11.0 Å². The predicted octanol–water partition coefficient (Wildman–Crippen LogP) is 3.57. The van der Waals surface area contributed by atoms with Crippen LogP contribution in [0.1, 0.15) is 33.2 Å². The molecular formula is C14H18N2O2S. The molecule has 5 heteroatoms. The second kappa shape index (κ2) is 5.65. The molecule has 0 saturated heterocycles. The largest absolute Gasteiger partial charge is 0.480 e. The van der Waals surface area contributed by atoms with E-state index in [1.807, 2.05) is 31.2 Å². The fraction of sp³-hybridized carbons (Fsp3) is 0.429. The van der Waals surface area contributed by atoms with Crippen LogP contribution in [0.3, 0.4) is 0 Å². The summed E-state index contributed by atoms with van der Waals surface area (Å²) in [6.45, 7) is 6.05. The summed E-state index contributed by atoms with van der Waals surface area (Å²) in [5.41, 5.74) is 1.97. The van der Waals surface area contributed by atoms with Crippen molar-refractivity contribution in [3.63, 3.8) is 0 Å². The Hall–Kier alpha value is -1.49. The van der Waals surface area contributed by atoms with E-state index in [2.05, 4.69) is 23.4 Å². The Morgan fingerprint density at radius 2 is 2.11 bits per heavy atom. The Bertz CT molecular complexity index is 592. The van der Waals surface area contributed by atoms with Crippen molar-refractivity contribution >= 4 is 28.8 Å². The second-order valence-corrected chi connectivity index (χ2v) is 5.87. The number of thioether (sulfide) groups is 1. The lowest BCUT2D eigenvalue weighted by Gasteiger charge is -2.14. The van der Waals surface area contributed by atoms with Gasteiger partial charge in [-0.3, -0.25) is 4.79 Å². The standard InChI is InChI=1S/C14H18N2O2S/c1-4-12(13(17)18)19-14-15-10-7-5-6-8-11(10)16(14)9(2)3/h5-9,12H,4H2,1-3H3,(H,17,18). The molecule has 1 aromatic heterocycles. The number of carbonyl (C=O) groups is 1. The highest BCUT2D eigenvalue weighted by Gasteiger charge is 2.21. The van der Waals surface area contributed by atoms with Gasteiger partial charge in [0.05, 0.1) is 11.0 Å². The maximum atomic E-state index is 11.2. The molecule has 2 rings (SSSR count). The van der Waals surface area contributed by atoms with E-state index in [0.717, 1.165) is 16.2 Å². The molecule has 0 aliphatic rings. The fourth-order valence-corrected chi connectivity index (χ4v) is 3.14. The number of imidazole rings is 1. The zero-order valence-electron chi connectivity index (χ0n) is 11.3. The first-order chi connectivity index (χ1) is 9.04. The van der Waals surface area contributed by atoms with Gasteiger partial charge in [0.15, 0.2) is 5.16 Å². The van der Waals surface area contributed by atoms with Crippen molar-refractivity contribution in [3.05, 3.63) is 24.3 Å². The van der Waals surface area contributed by atoms with Gasteiger partial charge in [0.2, 0.25) is 0 Å². The number of hydrogen-bond acceptors (Lipinski definition) is 3. The third kappa shape index (κ3) is 2.76. The van der Waals surface area contributed by atoms with Crippen molar-refractivity contribution < 1.29 is 9.90 Å². The van der Waals surface area contributed by atoms with E-state index in [9.17, 15) is 9.90 Å². The molecule has 0 bridgehead atoms. The average Bonchev–Trinajstić information content (AvgIpc) is 2.73. The quantitative estimate of drug-likeness (QED) is 0.849. The number of carboxylic acid groups (broad SMARTS) is 1. The maximum absolute atomic E-state index is 11.2. The normalized spacial score (nSPS) is 13.1. The summed E-state index contributed by atoms with van der Waals surface area (Å²) in [5, 5.41) is 9.51. The van der Waals surface area contributed by atoms with E-state index >= 15 is 0 Å². The Kier molecular flexibility index (Phi) is 4.14.